The number of hydrogen-bond acceptors (Lipinski definition) is 10. The molecule has 0 bridgehead atoms. The molecule has 0 heterocycles. The molecular formula is C15H31O11P. The molecule has 5 unspecified atom stereocenters. The number of phosphoric acid groups is 1. The smallest absolute Gasteiger partial charge is 0.387 e. The van der Waals surface area contributed by atoms with Crippen LogP contribution in [0.15, 0.2) is 0 Å². The van der Waals surface area contributed by atoms with E-state index in [1.165, 1.54) is 0 Å². The van der Waals surface area contributed by atoms with Gasteiger partial charge in [-0.05, 0) is 27.7 Å². The summed E-state index contributed by atoms with van der Waals surface area (Å²) < 4.78 is 32.7. The second-order valence-corrected chi connectivity index (χ2v) is 8.38. The fourth-order valence-electron chi connectivity index (χ4n) is 2.49. The zero-order valence-electron chi connectivity index (χ0n) is 15.8. The molecule has 0 aromatic heterocycles. The molecule has 12 heteroatoms. The predicted molar refractivity (Wildman–Crippen MR) is 91.8 cm³/mol. The average molecular weight is 418 g/mol. The van der Waals surface area contributed by atoms with Gasteiger partial charge in [0.15, 0.2) is 0 Å². The van der Waals surface area contributed by atoms with Crippen LogP contribution in [-0.4, -0.2) is 98.6 Å². The van der Waals surface area contributed by atoms with Crippen molar-refractivity contribution in [2.75, 3.05) is 13.2 Å². The fraction of sp³-hybridized carbons (Fsp3) is 1.00. The van der Waals surface area contributed by atoms with Gasteiger partial charge in [0.05, 0.1) is 25.4 Å². The van der Waals surface area contributed by atoms with E-state index in [4.69, 9.17) is 18.5 Å². The van der Waals surface area contributed by atoms with Gasteiger partial charge >= 0.3 is 7.82 Å². The van der Waals surface area contributed by atoms with Crippen molar-refractivity contribution >= 4 is 7.82 Å². The molecule has 1 rings (SSSR count). The molecule has 0 aromatic rings. The third-order valence-electron chi connectivity index (χ3n) is 3.83. The second kappa shape index (κ2) is 10.6. The van der Waals surface area contributed by atoms with Gasteiger partial charge in [-0.2, -0.15) is 0 Å². The molecule has 0 spiro atoms. The maximum absolute atomic E-state index is 12.2. The number of rotatable bonds is 10. The van der Waals surface area contributed by atoms with Crippen LogP contribution < -0.4 is 0 Å². The number of hydrogen-bond donors (Lipinski definition) is 6. The van der Waals surface area contributed by atoms with Crippen molar-refractivity contribution in [1.29, 1.82) is 0 Å². The summed E-state index contributed by atoms with van der Waals surface area (Å²) in [5.41, 5.74) is 0. The number of ether oxygens (including phenoxy) is 2. The van der Waals surface area contributed by atoms with Crippen molar-refractivity contribution in [3.63, 3.8) is 0 Å². The summed E-state index contributed by atoms with van der Waals surface area (Å²) in [6.45, 7) is 6.86. The second-order valence-electron chi connectivity index (χ2n) is 6.98. The highest BCUT2D eigenvalue weighted by atomic mass is 31.2. The Balaban J connectivity index is 2.71. The van der Waals surface area contributed by atoms with Crippen LogP contribution in [0.3, 0.4) is 0 Å². The summed E-state index contributed by atoms with van der Waals surface area (Å²) in [5, 5.41) is 48.5. The SMILES string of the molecule is CC(C)OC[C@H](COP(=O)(O)OC1C(O)C(O)C(O)C(O)C1O)OC(C)C. The molecule has 0 radical (unpaired) electrons. The zero-order chi connectivity index (χ0) is 20.9. The predicted octanol–water partition coefficient (Wildman–Crippen LogP) is -1.47. The third-order valence-corrected chi connectivity index (χ3v) is 4.82. The molecule has 0 amide bonds. The van der Waals surface area contributed by atoms with Gasteiger partial charge in [-0.3, -0.25) is 9.05 Å². The van der Waals surface area contributed by atoms with E-state index in [-0.39, 0.29) is 25.4 Å². The molecule has 6 N–H and O–H groups in total. The lowest BCUT2D eigenvalue weighted by Gasteiger charge is -2.41. The van der Waals surface area contributed by atoms with Gasteiger partial charge in [0.2, 0.25) is 0 Å². The third kappa shape index (κ3) is 7.64. The van der Waals surface area contributed by atoms with Crippen LogP contribution in [0.4, 0.5) is 0 Å². The van der Waals surface area contributed by atoms with Gasteiger partial charge in [-0.25, -0.2) is 4.57 Å². The molecule has 162 valence electrons. The molecule has 0 aromatic carbocycles. The van der Waals surface area contributed by atoms with E-state index in [2.05, 4.69) is 0 Å². The van der Waals surface area contributed by atoms with Gasteiger partial charge in [0.25, 0.3) is 0 Å². The summed E-state index contributed by atoms with van der Waals surface area (Å²) in [6.07, 6.45) is -12.3. The van der Waals surface area contributed by atoms with E-state index in [0.717, 1.165) is 0 Å². The van der Waals surface area contributed by atoms with Crippen LogP contribution in [0, 0.1) is 0 Å². The van der Waals surface area contributed by atoms with Crippen LogP contribution in [0.5, 0.6) is 0 Å². The van der Waals surface area contributed by atoms with Gasteiger partial charge in [0.1, 0.15) is 42.7 Å². The molecule has 0 saturated heterocycles. The lowest BCUT2D eigenvalue weighted by Crippen LogP contribution is -2.64. The van der Waals surface area contributed by atoms with Gasteiger partial charge in [-0.15, -0.1) is 0 Å². The van der Waals surface area contributed by atoms with Crippen molar-refractivity contribution in [3.8, 4) is 0 Å². The van der Waals surface area contributed by atoms with E-state index >= 15 is 0 Å². The topological polar surface area (TPSA) is 175 Å². The molecule has 11 nitrogen and oxygen atoms in total. The summed E-state index contributed by atoms with van der Waals surface area (Å²) >= 11 is 0. The van der Waals surface area contributed by atoms with E-state index in [1.807, 2.05) is 13.8 Å². The van der Waals surface area contributed by atoms with E-state index in [0.29, 0.717) is 0 Å². The van der Waals surface area contributed by atoms with E-state index < -0.39 is 50.6 Å². The molecule has 1 saturated carbocycles. The summed E-state index contributed by atoms with van der Waals surface area (Å²) in [7, 11) is -4.81. The van der Waals surface area contributed by atoms with Crippen LogP contribution >= 0.6 is 7.82 Å². The molecule has 1 fully saturated rings. The first-order valence-corrected chi connectivity index (χ1v) is 10.2. The van der Waals surface area contributed by atoms with Crippen molar-refractivity contribution in [3.05, 3.63) is 0 Å². The summed E-state index contributed by atoms with van der Waals surface area (Å²) in [4.78, 5) is 9.87. The Kier molecular flexibility index (Phi) is 9.73. The Hall–Kier alpha value is -0.170. The number of aliphatic hydroxyl groups excluding tert-OH is 5. The van der Waals surface area contributed by atoms with Crippen molar-refractivity contribution in [1.82, 2.24) is 0 Å². The Morgan fingerprint density at radius 2 is 1.30 bits per heavy atom. The molecule has 1 aliphatic rings. The number of aliphatic hydroxyl groups is 5. The van der Waals surface area contributed by atoms with Gasteiger partial charge < -0.3 is 39.9 Å². The molecule has 0 aliphatic heterocycles. The average Bonchev–Trinajstić information content (AvgIpc) is 2.57. The first-order chi connectivity index (χ1) is 12.4. The Bertz CT molecular complexity index is 472. The highest BCUT2D eigenvalue weighted by Crippen LogP contribution is 2.47. The lowest BCUT2D eigenvalue weighted by atomic mass is 9.85. The molecular weight excluding hydrogens is 387 g/mol. The summed E-state index contributed by atoms with van der Waals surface area (Å²) in [6, 6.07) is 0. The Morgan fingerprint density at radius 1 is 0.815 bits per heavy atom. The Morgan fingerprint density at radius 3 is 1.74 bits per heavy atom. The van der Waals surface area contributed by atoms with Crippen molar-refractivity contribution < 1.29 is 53.5 Å². The maximum Gasteiger partial charge on any atom is 0.472 e. The van der Waals surface area contributed by atoms with Crippen molar-refractivity contribution in [2.24, 2.45) is 0 Å². The number of phosphoric ester groups is 1. The van der Waals surface area contributed by atoms with E-state index in [1.54, 1.807) is 13.8 Å². The van der Waals surface area contributed by atoms with Gasteiger partial charge in [0, 0.05) is 0 Å². The highest BCUT2D eigenvalue weighted by molar-refractivity contribution is 7.47. The van der Waals surface area contributed by atoms with Crippen LogP contribution in [0.2, 0.25) is 0 Å². The minimum absolute atomic E-state index is 0.0914. The van der Waals surface area contributed by atoms with Crippen LogP contribution in [0.1, 0.15) is 27.7 Å². The first-order valence-electron chi connectivity index (χ1n) is 8.68. The molecule has 27 heavy (non-hydrogen) atoms. The quantitative estimate of drug-likeness (QED) is 0.228. The zero-order valence-corrected chi connectivity index (χ0v) is 16.7. The van der Waals surface area contributed by atoms with E-state index in [9.17, 15) is 35.0 Å². The van der Waals surface area contributed by atoms with Crippen molar-refractivity contribution in [2.45, 2.75) is 82.6 Å². The molecule has 6 atom stereocenters. The normalized spacial score (nSPS) is 35.4. The maximum atomic E-state index is 12.2. The van der Waals surface area contributed by atoms with Crippen LogP contribution in [-0.2, 0) is 23.1 Å². The lowest BCUT2D eigenvalue weighted by molar-refractivity contribution is -0.220. The first kappa shape index (κ1) is 24.9. The van der Waals surface area contributed by atoms with Crippen LogP contribution in [0.25, 0.3) is 0 Å². The van der Waals surface area contributed by atoms with Gasteiger partial charge in [-0.1, -0.05) is 0 Å². The standard InChI is InChI=1S/C15H31O11P/c1-7(2)23-5-9(25-8(3)4)6-24-27(21,22)26-15-13(19)11(17)10(16)12(18)14(15)20/h7-20H,5-6H2,1-4H3,(H,21,22)/t9-,10?,11?,12?,13?,14?,15?/m1/s1. The molecule has 1 aliphatic carbocycles. The Labute approximate surface area is 158 Å². The largest absolute Gasteiger partial charge is 0.472 e. The summed E-state index contributed by atoms with van der Waals surface area (Å²) in [5.74, 6) is 0. The minimum atomic E-state index is -4.81. The highest BCUT2D eigenvalue weighted by Gasteiger charge is 2.51. The minimum Gasteiger partial charge on any atom is -0.387 e. The fourth-order valence-corrected chi connectivity index (χ4v) is 3.47. The monoisotopic (exact) mass is 418 g/mol.